The second-order valence-corrected chi connectivity index (χ2v) is 11.8. The number of thioether (sulfide) groups is 1. The molecule has 1 fully saturated rings. The molecule has 9 nitrogen and oxygen atoms in total. The molecule has 3 aromatic rings. The summed E-state index contributed by atoms with van der Waals surface area (Å²) < 4.78 is 42.0. The van der Waals surface area contributed by atoms with E-state index in [2.05, 4.69) is 15.5 Å². The van der Waals surface area contributed by atoms with E-state index in [1.54, 1.807) is 12.1 Å². The van der Waals surface area contributed by atoms with Gasteiger partial charge in [-0.1, -0.05) is 41.7 Å². The SMILES string of the molecule is O=C(O)c1ccc(CSc2nnc(NC(=O)c3ccc(F)c(S(=O)(=O)N4CCCCC4)c3)s2)cc1. The zero-order chi connectivity index (χ0) is 25.0. The molecule has 1 amide bonds. The third-order valence-electron chi connectivity index (χ3n) is 5.32. The van der Waals surface area contributed by atoms with Crippen molar-refractivity contribution in [2.75, 3.05) is 18.4 Å². The van der Waals surface area contributed by atoms with Gasteiger partial charge < -0.3 is 5.11 Å². The van der Waals surface area contributed by atoms with Crippen LogP contribution < -0.4 is 5.32 Å². The zero-order valence-electron chi connectivity index (χ0n) is 18.3. The van der Waals surface area contributed by atoms with Gasteiger partial charge in [-0.15, -0.1) is 10.2 Å². The highest BCUT2D eigenvalue weighted by Gasteiger charge is 2.29. The summed E-state index contributed by atoms with van der Waals surface area (Å²) >= 11 is 2.50. The molecule has 1 aliphatic rings. The number of carbonyl (C=O) groups excluding carboxylic acids is 1. The summed E-state index contributed by atoms with van der Waals surface area (Å²) in [6.07, 6.45) is 2.36. The van der Waals surface area contributed by atoms with Crippen LogP contribution in [-0.2, 0) is 15.8 Å². The maximum absolute atomic E-state index is 14.4. The summed E-state index contributed by atoms with van der Waals surface area (Å²) in [4.78, 5) is 23.1. The summed E-state index contributed by atoms with van der Waals surface area (Å²) in [5.74, 6) is -2.00. The Labute approximate surface area is 209 Å². The van der Waals surface area contributed by atoms with Crippen molar-refractivity contribution in [2.24, 2.45) is 0 Å². The van der Waals surface area contributed by atoms with Gasteiger partial charge in [-0.05, 0) is 48.7 Å². The average molecular weight is 537 g/mol. The van der Waals surface area contributed by atoms with Crippen LogP contribution in [0.25, 0.3) is 0 Å². The lowest BCUT2D eigenvalue weighted by molar-refractivity contribution is 0.0696. The van der Waals surface area contributed by atoms with Crippen molar-refractivity contribution in [1.29, 1.82) is 0 Å². The molecule has 1 aromatic heterocycles. The normalized spacial score (nSPS) is 14.5. The van der Waals surface area contributed by atoms with Crippen molar-refractivity contribution in [3.8, 4) is 0 Å². The van der Waals surface area contributed by atoms with Crippen LogP contribution in [0.4, 0.5) is 9.52 Å². The van der Waals surface area contributed by atoms with E-state index in [1.165, 1.54) is 34.3 Å². The summed E-state index contributed by atoms with van der Waals surface area (Å²) in [5.41, 5.74) is 1.09. The third-order valence-corrected chi connectivity index (χ3v) is 9.27. The number of aromatic nitrogens is 2. The number of piperidine rings is 1. The van der Waals surface area contributed by atoms with Crippen molar-refractivity contribution >= 4 is 50.1 Å². The van der Waals surface area contributed by atoms with Crippen LogP contribution in [0.3, 0.4) is 0 Å². The van der Waals surface area contributed by atoms with Crippen LogP contribution in [-0.4, -0.2) is 53.0 Å². The molecule has 1 saturated heterocycles. The highest BCUT2D eigenvalue weighted by Crippen LogP contribution is 2.29. The molecular weight excluding hydrogens is 515 g/mol. The maximum atomic E-state index is 14.4. The molecule has 35 heavy (non-hydrogen) atoms. The van der Waals surface area contributed by atoms with Gasteiger partial charge in [0.25, 0.3) is 5.91 Å². The number of nitrogens with one attached hydrogen (secondary N) is 1. The van der Waals surface area contributed by atoms with Crippen molar-refractivity contribution in [3.63, 3.8) is 0 Å². The largest absolute Gasteiger partial charge is 0.478 e. The molecule has 0 unspecified atom stereocenters. The number of rotatable bonds is 8. The Morgan fingerprint density at radius 2 is 1.74 bits per heavy atom. The van der Waals surface area contributed by atoms with Gasteiger partial charge in [-0.25, -0.2) is 17.6 Å². The fourth-order valence-corrected chi connectivity index (χ4v) is 6.77. The number of hydrogen-bond acceptors (Lipinski definition) is 8. The lowest BCUT2D eigenvalue weighted by atomic mass is 10.1. The Balaban J connectivity index is 1.41. The first-order valence-electron chi connectivity index (χ1n) is 10.6. The molecular formula is C22H21FN4O5S3. The number of carbonyl (C=O) groups is 2. The molecule has 4 rings (SSSR count). The summed E-state index contributed by atoms with van der Waals surface area (Å²) in [7, 11) is -4.04. The van der Waals surface area contributed by atoms with Gasteiger partial charge in [-0.3, -0.25) is 10.1 Å². The molecule has 0 saturated carbocycles. The van der Waals surface area contributed by atoms with Crippen molar-refractivity contribution in [3.05, 3.63) is 65.0 Å². The second-order valence-electron chi connectivity index (χ2n) is 7.73. The van der Waals surface area contributed by atoms with Gasteiger partial charge in [0.2, 0.25) is 15.2 Å². The molecule has 0 bridgehead atoms. The van der Waals surface area contributed by atoms with Crippen LogP contribution in [0.2, 0.25) is 0 Å². The predicted molar refractivity (Wildman–Crippen MR) is 130 cm³/mol. The van der Waals surface area contributed by atoms with Crippen molar-refractivity contribution in [2.45, 2.75) is 34.3 Å². The fourth-order valence-electron chi connectivity index (χ4n) is 3.46. The van der Waals surface area contributed by atoms with E-state index in [0.29, 0.717) is 36.0 Å². The predicted octanol–water partition coefficient (Wildman–Crippen LogP) is 4.09. The molecule has 2 heterocycles. The third kappa shape index (κ3) is 6.04. The minimum Gasteiger partial charge on any atom is -0.478 e. The number of nitrogens with zero attached hydrogens (tertiary/aromatic N) is 3. The average Bonchev–Trinajstić information content (AvgIpc) is 3.30. The van der Waals surface area contributed by atoms with Crippen LogP contribution in [0.5, 0.6) is 0 Å². The number of amides is 1. The number of aromatic carboxylic acids is 1. The highest BCUT2D eigenvalue weighted by molar-refractivity contribution is 8.00. The Morgan fingerprint density at radius 3 is 2.43 bits per heavy atom. The number of carboxylic acid groups (broad SMARTS) is 1. The standard InChI is InChI=1S/C22H21FN4O5S3/c23-17-9-8-16(12-18(17)35(31,32)27-10-2-1-3-11-27)19(28)24-21-25-26-22(34-21)33-13-14-4-6-15(7-5-14)20(29)30/h4-9,12H,1-3,10-11,13H2,(H,29,30)(H,24,25,28). The van der Waals surface area contributed by atoms with Gasteiger partial charge in [0.1, 0.15) is 10.7 Å². The van der Waals surface area contributed by atoms with E-state index in [-0.39, 0.29) is 16.3 Å². The van der Waals surface area contributed by atoms with Crippen LogP contribution in [0.15, 0.2) is 51.7 Å². The molecule has 184 valence electrons. The molecule has 2 N–H and O–H groups in total. The summed E-state index contributed by atoms with van der Waals surface area (Å²) in [6, 6.07) is 9.71. The second kappa shape index (κ2) is 10.8. The zero-order valence-corrected chi connectivity index (χ0v) is 20.8. The number of carboxylic acids is 1. The minimum atomic E-state index is -4.04. The first-order valence-corrected chi connectivity index (χ1v) is 13.9. The smallest absolute Gasteiger partial charge is 0.335 e. The Morgan fingerprint density at radius 1 is 1.06 bits per heavy atom. The van der Waals surface area contributed by atoms with E-state index in [4.69, 9.17) is 5.11 Å². The lowest BCUT2D eigenvalue weighted by Crippen LogP contribution is -2.36. The molecule has 0 radical (unpaired) electrons. The summed E-state index contributed by atoms with van der Waals surface area (Å²) in [5, 5.41) is 19.7. The van der Waals surface area contributed by atoms with Gasteiger partial charge in [0.05, 0.1) is 5.56 Å². The quantitative estimate of drug-likeness (QED) is 0.325. The Kier molecular flexibility index (Phi) is 7.79. The van der Waals surface area contributed by atoms with Gasteiger partial charge in [0.15, 0.2) is 4.34 Å². The lowest BCUT2D eigenvalue weighted by Gasteiger charge is -2.26. The van der Waals surface area contributed by atoms with Crippen LogP contribution in [0.1, 0.15) is 45.5 Å². The summed E-state index contributed by atoms with van der Waals surface area (Å²) in [6.45, 7) is 0.653. The minimum absolute atomic E-state index is 0.00934. The molecule has 13 heteroatoms. The van der Waals surface area contributed by atoms with Gasteiger partial charge in [0, 0.05) is 24.4 Å². The van der Waals surface area contributed by atoms with Gasteiger partial charge >= 0.3 is 5.97 Å². The van der Waals surface area contributed by atoms with Crippen LogP contribution >= 0.6 is 23.1 Å². The number of benzene rings is 2. The first kappa shape index (κ1) is 25.2. The molecule has 0 spiro atoms. The number of sulfonamides is 1. The number of anilines is 1. The number of halogens is 1. The fraction of sp³-hybridized carbons (Fsp3) is 0.273. The Hall–Kier alpha value is -2.87. The van der Waals surface area contributed by atoms with E-state index in [0.717, 1.165) is 35.5 Å². The van der Waals surface area contributed by atoms with Gasteiger partial charge in [-0.2, -0.15) is 4.31 Å². The highest BCUT2D eigenvalue weighted by atomic mass is 32.2. The van der Waals surface area contributed by atoms with E-state index in [9.17, 15) is 22.4 Å². The molecule has 0 aliphatic carbocycles. The molecule has 1 aliphatic heterocycles. The van der Waals surface area contributed by atoms with Crippen molar-refractivity contribution < 1.29 is 27.5 Å². The van der Waals surface area contributed by atoms with Crippen molar-refractivity contribution in [1.82, 2.24) is 14.5 Å². The van der Waals surface area contributed by atoms with E-state index >= 15 is 0 Å². The van der Waals surface area contributed by atoms with E-state index < -0.39 is 32.6 Å². The topological polar surface area (TPSA) is 130 Å². The molecule has 0 atom stereocenters. The first-order chi connectivity index (χ1) is 16.7. The number of hydrogen-bond donors (Lipinski definition) is 2. The monoisotopic (exact) mass is 536 g/mol. The van der Waals surface area contributed by atoms with Crippen LogP contribution in [0, 0.1) is 5.82 Å². The molecule has 2 aromatic carbocycles. The Bertz CT molecular complexity index is 1340. The maximum Gasteiger partial charge on any atom is 0.335 e. The van der Waals surface area contributed by atoms with E-state index in [1.807, 2.05) is 0 Å².